The molecule has 1 aromatic heterocycles. The van der Waals surface area contributed by atoms with Crippen LogP contribution in [-0.2, 0) is 6.18 Å². The molecule has 2 heterocycles. The van der Waals surface area contributed by atoms with Crippen molar-refractivity contribution in [3.8, 4) is 0 Å². The molecular weight excluding hydrogens is 207 g/mol. The quantitative estimate of drug-likeness (QED) is 0.786. The van der Waals surface area contributed by atoms with Crippen molar-refractivity contribution < 1.29 is 13.2 Å². The van der Waals surface area contributed by atoms with Crippen LogP contribution in [0.4, 0.5) is 19.1 Å². The third kappa shape index (κ3) is 2.24. The molecule has 1 aliphatic heterocycles. The Morgan fingerprint density at radius 3 is 2.40 bits per heavy atom. The van der Waals surface area contributed by atoms with E-state index in [0.717, 1.165) is 38.5 Å². The van der Waals surface area contributed by atoms with Gasteiger partial charge >= 0.3 is 6.18 Å². The summed E-state index contributed by atoms with van der Waals surface area (Å²) in [5.41, 5.74) is -0.844. The molecule has 0 spiro atoms. The zero-order valence-electron chi connectivity index (χ0n) is 8.14. The molecule has 15 heavy (non-hydrogen) atoms. The number of anilines is 1. The number of aromatic amines is 1. The molecular formula is C9H12F3N3. The number of imidazole rings is 1. The number of H-pyrrole nitrogens is 1. The number of hydrogen-bond donors (Lipinski definition) is 1. The maximum atomic E-state index is 12.3. The summed E-state index contributed by atoms with van der Waals surface area (Å²) in [5, 5.41) is 0. The van der Waals surface area contributed by atoms with Crippen LogP contribution in [0.5, 0.6) is 0 Å². The van der Waals surface area contributed by atoms with Crippen LogP contribution < -0.4 is 4.90 Å². The van der Waals surface area contributed by atoms with Crippen LogP contribution in [0, 0.1) is 0 Å². The van der Waals surface area contributed by atoms with Gasteiger partial charge < -0.3 is 9.88 Å². The summed E-state index contributed by atoms with van der Waals surface area (Å²) in [5.74, 6) is 0.335. The molecule has 0 aliphatic carbocycles. The van der Waals surface area contributed by atoms with Gasteiger partial charge in [-0.25, -0.2) is 4.98 Å². The third-order valence-electron chi connectivity index (χ3n) is 2.51. The van der Waals surface area contributed by atoms with E-state index in [2.05, 4.69) is 9.97 Å². The second kappa shape index (κ2) is 3.75. The highest BCUT2D eigenvalue weighted by Gasteiger charge is 2.34. The summed E-state index contributed by atoms with van der Waals surface area (Å²) in [6.45, 7) is 1.57. The summed E-state index contributed by atoms with van der Waals surface area (Å²) in [6.07, 6.45) is -0.262. The molecule has 6 heteroatoms. The summed E-state index contributed by atoms with van der Waals surface area (Å²) in [6, 6.07) is 0. The monoisotopic (exact) mass is 219 g/mol. The summed E-state index contributed by atoms with van der Waals surface area (Å²) < 4.78 is 36.8. The van der Waals surface area contributed by atoms with Crippen LogP contribution >= 0.6 is 0 Å². The minimum absolute atomic E-state index is 0.335. The standard InChI is InChI=1S/C9H12F3N3/c10-9(11,12)7-6-13-8(14-7)15-4-2-1-3-5-15/h6H,1-5H2,(H,13,14). The van der Waals surface area contributed by atoms with Crippen LogP contribution in [0.1, 0.15) is 25.0 Å². The van der Waals surface area contributed by atoms with E-state index in [-0.39, 0.29) is 0 Å². The molecule has 3 nitrogen and oxygen atoms in total. The Morgan fingerprint density at radius 2 is 1.87 bits per heavy atom. The Hall–Kier alpha value is -1.20. The predicted molar refractivity (Wildman–Crippen MR) is 49.7 cm³/mol. The molecule has 1 fully saturated rings. The van der Waals surface area contributed by atoms with Crippen molar-refractivity contribution in [1.82, 2.24) is 9.97 Å². The lowest BCUT2D eigenvalue weighted by molar-refractivity contribution is -0.140. The summed E-state index contributed by atoms with van der Waals surface area (Å²) in [4.78, 5) is 7.99. The van der Waals surface area contributed by atoms with Crippen molar-refractivity contribution in [3.05, 3.63) is 11.9 Å². The molecule has 1 aliphatic rings. The van der Waals surface area contributed by atoms with Gasteiger partial charge in [0.25, 0.3) is 0 Å². The van der Waals surface area contributed by atoms with Crippen LogP contribution in [0.25, 0.3) is 0 Å². The van der Waals surface area contributed by atoms with E-state index >= 15 is 0 Å². The number of piperidine rings is 1. The van der Waals surface area contributed by atoms with E-state index in [1.165, 1.54) is 0 Å². The average Bonchev–Trinajstić information content (AvgIpc) is 2.67. The first kappa shape index (κ1) is 10.3. The topological polar surface area (TPSA) is 31.9 Å². The van der Waals surface area contributed by atoms with Gasteiger partial charge in [-0.15, -0.1) is 0 Å². The minimum Gasteiger partial charge on any atom is -0.342 e. The smallest absolute Gasteiger partial charge is 0.342 e. The van der Waals surface area contributed by atoms with Crippen LogP contribution in [0.15, 0.2) is 6.20 Å². The zero-order valence-corrected chi connectivity index (χ0v) is 8.14. The molecule has 0 unspecified atom stereocenters. The second-order valence-corrected chi connectivity index (χ2v) is 3.65. The van der Waals surface area contributed by atoms with Crippen molar-refractivity contribution in [3.63, 3.8) is 0 Å². The number of alkyl halides is 3. The van der Waals surface area contributed by atoms with E-state index < -0.39 is 11.9 Å². The molecule has 1 saturated heterocycles. The first-order valence-corrected chi connectivity index (χ1v) is 4.95. The number of aromatic nitrogens is 2. The minimum atomic E-state index is -4.36. The predicted octanol–water partition coefficient (Wildman–Crippen LogP) is 2.42. The van der Waals surface area contributed by atoms with Crippen LogP contribution in [0.2, 0.25) is 0 Å². The lowest BCUT2D eigenvalue weighted by atomic mass is 10.1. The van der Waals surface area contributed by atoms with Gasteiger partial charge in [-0.05, 0) is 19.3 Å². The number of halogens is 3. The molecule has 1 aromatic rings. The zero-order chi connectivity index (χ0) is 10.9. The second-order valence-electron chi connectivity index (χ2n) is 3.65. The Morgan fingerprint density at radius 1 is 1.20 bits per heavy atom. The Bertz CT molecular complexity index is 326. The lowest BCUT2D eigenvalue weighted by Gasteiger charge is -2.25. The highest BCUT2D eigenvalue weighted by atomic mass is 19.4. The molecule has 0 radical (unpaired) electrons. The van der Waals surface area contributed by atoms with Crippen molar-refractivity contribution >= 4 is 5.95 Å². The van der Waals surface area contributed by atoms with Crippen LogP contribution in [0.3, 0.4) is 0 Å². The van der Waals surface area contributed by atoms with Gasteiger partial charge in [0.2, 0.25) is 5.95 Å². The third-order valence-corrected chi connectivity index (χ3v) is 2.51. The number of hydrogen-bond acceptors (Lipinski definition) is 2. The van der Waals surface area contributed by atoms with Gasteiger partial charge in [-0.2, -0.15) is 13.2 Å². The van der Waals surface area contributed by atoms with Gasteiger partial charge in [0.05, 0.1) is 0 Å². The Balaban J connectivity index is 2.12. The van der Waals surface area contributed by atoms with Crippen molar-refractivity contribution in [2.45, 2.75) is 25.4 Å². The molecule has 1 N–H and O–H groups in total. The fourth-order valence-corrected chi connectivity index (χ4v) is 1.72. The molecule has 0 amide bonds. The normalized spacial score (nSPS) is 18.2. The molecule has 0 bridgehead atoms. The van der Waals surface area contributed by atoms with E-state index in [1.54, 1.807) is 0 Å². The molecule has 2 rings (SSSR count). The van der Waals surface area contributed by atoms with Gasteiger partial charge in [-0.1, -0.05) is 0 Å². The van der Waals surface area contributed by atoms with E-state index in [4.69, 9.17) is 0 Å². The van der Waals surface area contributed by atoms with E-state index in [1.807, 2.05) is 4.90 Å². The SMILES string of the molecule is FC(F)(F)c1c[nH]c(N2CCCCC2)n1. The summed E-state index contributed by atoms with van der Waals surface area (Å²) >= 11 is 0. The number of nitrogens with one attached hydrogen (secondary N) is 1. The fraction of sp³-hybridized carbons (Fsp3) is 0.667. The lowest BCUT2D eigenvalue weighted by Crippen LogP contribution is -2.30. The van der Waals surface area contributed by atoms with E-state index in [0.29, 0.717) is 5.95 Å². The van der Waals surface area contributed by atoms with Gasteiger partial charge in [0.1, 0.15) is 0 Å². The Labute approximate surface area is 85.3 Å². The maximum absolute atomic E-state index is 12.3. The molecule has 84 valence electrons. The Kier molecular flexibility index (Phi) is 2.58. The molecule has 0 saturated carbocycles. The van der Waals surface area contributed by atoms with Gasteiger partial charge in [-0.3, -0.25) is 0 Å². The first-order chi connectivity index (χ1) is 7.07. The van der Waals surface area contributed by atoms with E-state index in [9.17, 15) is 13.2 Å². The van der Waals surface area contributed by atoms with Crippen molar-refractivity contribution in [1.29, 1.82) is 0 Å². The van der Waals surface area contributed by atoms with Crippen molar-refractivity contribution in [2.24, 2.45) is 0 Å². The largest absolute Gasteiger partial charge is 0.434 e. The molecule has 0 atom stereocenters. The van der Waals surface area contributed by atoms with Crippen molar-refractivity contribution in [2.75, 3.05) is 18.0 Å². The van der Waals surface area contributed by atoms with Gasteiger partial charge in [0, 0.05) is 19.3 Å². The highest BCUT2D eigenvalue weighted by molar-refractivity contribution is 5.32. The summed E-state index contributed by atoms with van der Waals surface area (Å²) in [7, 11) is 0. The average molecular weight is 219 g/mol. The fourth-order valence-electron chi connectivity index (χ4n) is 1.72. The maximum Gasteiger partial charge on any atom is 0.434 e. The first-order valence-electron chi connectivity index (χ1n) is 4.95. The van der Waals surface area contributed by atoms with Gasteiger partial charge in [0.15, 0.2) is 5.69 Å². The number of rotatable bonds is 1. The number of nitrogens with zero attached hydrogens (tertiary/aromatic N) is 2. The molecule has 0 aromatic carbocycles. The highest BCUT2D eigenvalue weighted by Crippen LogP contribution is 2.29. The van der Waals surface area contributed by atoms with Crippen LogP contribution in [-0.4, -0.2) is 23.1 Å².